The maximum atomic E-state index is 2.36. The highest BCUT2D eigenvalue weighted by atomic mass is 15.1. The van der Waals surface area contributed by atoms with E-state index in [1.807, 2.05) is 0 Å². The maximum Gasteiger partial charge on any atom is 0.0540 e. The normalized spacial score (nSPS) is 11.1. The summed E-state index contributed by atoms with van der Waals surface area (Å²) in [7, 11) is 0. The number of para-hydroxylation sites is 1. The van der Waals surface area contributed by atoms with E-state index in [-0.39, 0.29) is 0 Å². The van der Waals surface area contributed by atoms with E-state index in [4.69, 9.17) is 0 Å². The molecule has 0 aromatic heterocycles. The summed E-state index contributed by atoms with van der Waals surface area (Å²) in [6.07, 6.45) is 4.45. The Hall–Kier alpha value is -6.12. The first-order valence-electron chi connectivity index (χ1n) is 17.3. The van der Waals surface area contributed by atoms with Gasteiger partial charge < -0.3 is 9.80 Å². The topological polar surface area (TPSA) is 6.48 Å². The summed E-state index contributed by atoms with van der Waals surface area (Å²) in [6.45, 7) is 8.52. The fourth-order valence-electron chi connectivity index (χ4n) is 6.35. The van der Waals surface area contributed by atoms with Crippen LogP contribution in [-0.2, 0) is 0 Å². The van der Waals surface area contributed by atoms with Gasteiger partial charge in [0.15, 0.2) is 0 Å². The quantitative estimate of drug-likeness (QED) is 0.144. The molecule has 0 atom stereocenters. The molecule has 0 radical (unpaired) electrons. The van der Waals surface area contributed by atoms with Gasteiger partial charge in [0.2, 0.25) is 0 Å². The van der Waals surface area contributed by atoms with Crippen molar-refractivity contribution in [1.82, 2.24) is 0 Å². The first-order valence-corrected chi connectivity index (χ1v) is 17.3. The number of hydrogen-bond donors (Lipinski definition) is 0. The molecule has 7 aromatic carbocycles. The first kappa shape index (κ1) is 32.4. The van der Waals surface area contributed by atoms with Gasteiger partial charge in [0.1, 0.15) is 0 Å². The molecule has 0 amide bonds. The van der Waals surface area contributed by atoms with E-state index in [1.54, 1.807) is 0 Å². The van der Waals surface area contributed by atoms with Gasteiger partial charge in [-0.3, -0.25) is 0 Å². The Balaban J connectivity index is 1.23. The second-order valence-electron chi connectivity index (χ2n) is 13.0. The van der Waals surface area contributed by atoms with Crippen molar-refractivity contribution in [2.24, 2.45) is 0 Å². The SMILES string of the molecule is Cc1ccc(N(c2ccc(C)cc2)c2ccc(/C=C/c3ccccc3-c3ccccc3N(c3ccc(C)cc3)c3ccc(C)cc3)cc2)cc1. The molecule has 0 unspecified atom stereocenters. The standard InChI is InChI=1S/C48H42N2/c1-35-13-25-41(26-14-35)49(42-27-15-36(2)16-28-42)43-33-22-39(23-34-43)21-24-40-9-5-6-10-46(40)47-11-7-8-12-48(47)50(44-29-17-37(3)18-30-44)45-31-19-38(4)20-32-45/h5-34H,1-4H3/b24-21+. The van der Waals surface area contributed by atoms with E-state index >= 15 is 0 Å². The van der Waals surface area contributed by atoms with E-state index < -0.39 is 0 Å². The van der Waals surface area contributed by atoms with Crippen LogP contribution in [0.4, 0.5) is 34.1 Å². The summed E-state index contributed by atoms with van der Waals surface area (Å²) in [5, 5.41) is 0. The van der Waals surface area contributed by atoms with Crippen LogP contribution in [0.2, 0.25) is 0 Å². The molecule has 0 spiro atoms. The lowest BCUT2D eigenvalue weighted by atomic mass is 9.96. The van der Waals surface area contributed by atoms with Gasteiger partial charge >= 0.3 is 0 Å². The molecule has 7 aromatic rings. The van der Waals surface area contributed by atoms with Gasteiger partial charge in [-0.15, -0.1) is 0 Å². The Morgan fingerprint density at radius 1 is 0.320 bits per heavy atom. The average Bonchev–Trinajstić information content (AvgIpc) is 3.15. The van der Waals surface area contributed by atoms with Crippen LogP contribution in [0.3, 0.4) is 0 Å². The Morgan fingerprint density at radius 2 is 0.680 bits per heavy atom. The summed E-state index contributed by atoms with van der Waals surface area (Å²) < 4.78 is 0. The molecular weight excluding hydrogens is 605 g/mol. The van der Waals surface area contributed by atoms with Gasteiger partial charge in [-0.2, -0.15) is 0 Å². The van der Waals surface area contributed by atoms with E-state index in [1.165, 1.54) is 33.4 Å². The predicted octanol–water partition coefficient (Wildman–Crippen LogP) is 13.7. The van der Waals surface area contributed by atoms with E-state index in [2.05, 4.69) is 220 Å². The smallest absolute Gasteiger partial charge is 0.0540 e. The third-order valence-electron chi connectivity index (χ3n) is 9.17. The molecule has 0 aliphatic rings. The fourth-order valence-corrected chi connectivity index (χ4v) is 6.35. The monoisotopic (exact) mass is 646 g/mol. The zero-order valence-corrected chi connectivity index (χ0v) is 29.2. The minimum atomic E-state index is 1.12. The molecule has 0 aliphatic carbocycles. The Bertz CT molecular complexity index is 2120. The molecule has 0 bridgehead atoms. The molecule has 0 N–H and O–H groups in total. The van der Waals surface area contributed by atoms with Crippen LogP contribution in [0.25, 0.3) is 23.3 Å². The number of nitrogens with zero attached hydrogens (tertiary/aromatic N) is 2. The van der Waals surface area contributed by atoms with Crippen LogP contribution in [0.15, 0.2) is 170 Å². The van der Waals surface area contributed by atoms with Crippen molar-refractivity contribution in [2.45, 2.75) is 27.7 Å². The van der Waals surface area contributed by atoms with Crippen LogP contribution >= 0.6 is 0 Å². The fraction of sp³-hybridized carbons (Fsp3) is 0.0833. The Kier molecular flexibility index (Phi) is 9.44. The summed E-state index contributed by atoms with van der Waals surface area (Å²) in [5.74, 6) is 0. The van der Waals surface area contributed by atoms with Crippen molar-refractivity contribution >= 4 is 46.3 Å². The number of hydrogen-bond acceptors (Lipinski definition) is 2. The van der Waals surface area contributed by atoms with Crippen molar-refractivity contribution in [3.8, 4) is 11.1 Å². The lowest BCUT2D eigenvalue weighted by Gasteiger charge is -2.28. The zero-order chi connectivity index (χ0) is 34.5. The van der Waals surface area contributed by atoms with Crippen LogP contribution in [0.1, 0.15) is 33.4 Å². The lowest BCUT2D eigenvalue weighted by molar-refractivity contribution is 1.27. The van der Waals surface area contributed by atoms with Crippen molar-refractivity contribution in [2.75, 3.05) is 9.80 Å². The summed E-state index contributed by atoms with van der Waals surface area (Å²) in [4.78, 5) is 4.67. The largest absolute Gasteiger partial charge is 0.311 e. The number of benzene rings is 7. The van der Waals surface area contributed by atoms with E-state index in [9.17, 15) is 0 Å². The highest BCUT2D eigenvalue weighted by Crippen LogP contribution is 2.42. The molecule has 0 fully saturated rings. The third-order valence-corrected chi connectivity index (χ3v) is 9.17. The molecule has 0 saturated carbocycles. The van der Waals surface area contributed by atoms with Crippen molar-refractivity contribution in [3.05, 3.63) is 203 Å². The van der Waals surface area contributed by atoms with Crippen LogP contribution in [0.5, 0.6) is 0 Å². The molecule has 244 valence electrons. The van der Waals surface area contributed by atoms with E-state index in [0.29, 0.717) is 0 Å². The second-order valence-corrected chi connectivity index (χ2v) is 13.0. The van der Waals surface area contributed by atoms with E-state index in [0.717, 1.165) is 45.3 Å². The summed E-state index contributed by atoms with van der Waals surface area (Å²) in [5.41, 5.74) is 16.5. The molecule has 2 heteroatoms. The number of anilines is 6. The van der Waals surface area contributed by atoms with Gasteiger partial charge in [0.25, 0.3) is 0 Å². The molecule has 50 heavy (non-hydrogen) atoms. The molecular formula is C48H42N2. The Morgan fingerprint density at radius 3 is 1.14 bits per heavy atom. The third kappa shape index (κ3) is 7.16. The maximum absolute atomic E-state index is 2.36. The van der Waals surface area contributed by atoms with Crippen LogP contribution < -0.4 is 9.80 Å². The Labute approximate surface area is 297 Å². The van der Waals surface area contributed by atoms with Crippen molar-refractivity contribution in [3.63, 3.8) is 0 Å². The van der Waals surface area contributed by atoms with Crippen molar-refractivity contribution in [1.29, 1.82) is 0 Å². The molecule has 0 aliphatic heterocycles. The van der Waals surface area contributed by atoms with Crippen LogP contribution in [0, 0.1) is 27.7 Å². The van der Waals surface area contributed by atoms with Crippen LogP contribution in [-0.4, -0.2) is 0 Å². The highest BCUT2D eigenvalue weighted by Gasteiger charge is 2.18. The van der Waals surface area contributed by atoms with Gasteiger partial charge in [0.05, 0.1) is 5.69 Å². The molecule has 2 nitrogen and oxygen atoms in total. The number of rotatable bonds is 9. The lowest BCUT2D eigenvalue weighted by Crippen LogP contribution is -2.11. The second kappa shape index (κ2) is 14.6. The van der Waals surface area contributed by atoms with Crippen molar-refractivity contribution < 1.29 is 0 Å². The highest BCUT2D eigenvalue weighted by molar-refractivity contribution is 5.92. The first-order chi connectivity index (χ1) is 24.4. The summed E-state index contributed by atoms with van der Waals surface area (Å²) in [6, 6.07) is 61.2. The minimum absolute atomic E-state index is 1.12. The molecule has 7 rings (SSSR count). The van der Waals surface area contributed by atoms with Gasteiger partial charge in [-0.05, 0) is 111 Å². The zero-order valence-electron chi connectivity index (χ0n) is 29.2. The number of aryl methyl sites for hydroxylation is 4. The van der Waals surface area contributed by atoms with Gasteiger partial charge in [-0.25, -0.2) is 0 Å². The minimum Gasteiger partial charge on any atom is -0.311 e. The molecule has 0 saturated heterocycles. The predicted molar refractivity (Wildman–Crippen MR) is 216 cm³/mol. The van der Waals surface area contributed by atoms with Gasteiger partial charge in [0, 0.05) is 34.0 Å². The molecule has 0 heterocycles. The average molecular weight is 647 g/mol. The summed E-state index contributed by atoms with van der Waals surface area (Å²) >= 11 is 0. The van der Waals surface area contributed by atoms with Gasteiger partial charge in [-0.1, -0.05) is 138 Å².